The molecular weight excluding hydrogens is 478 g/mol. The zero-order valence-corrected chi connectivity index (χ0v) is 19.9. The number of carbonyl (C=O) groups is 4. The van der Waals surface area contributed by atoms with Crippen molar-refractivity contribution in [3.05, 3.63) is 87.6 Å². The molecule has 1 amide bonds. The van der Waals surface area contributed by atoms with Gasteiger partial charge in [0.15, 0.2) is 23.3 Å². The predicted octanol–water partition coefficient (Wildman–Crippen LogP) is 1.87. The number of ether oxygens (including phenoxy) is 1. The van der Waals surface area contributed by atoms with Gasteiger partial charge in [-0.3, -0.25) is 33.2 Å². The maximum absolute atomic E-state index is 13.1. The molecule has 1 N–H and O–H groups in total. The van der Waals surface area contributed by atoms with E-state index in [1.807, 2.05) is 0 Å². The summed E-state index contributed by atoms with van der Waals surface area (Å²) in [5, 5.41) is 6.92. The van der Waals surface area contributed by atoms with Gasteiger partial charge >= 0.3 is 5.97 Å². The Morgan fingerprint density at radius 3 is 2.46 bits per heavy atom. The molecule has 0 radical (unpaired) electrons. The fourth-order valence-electron chi connectivity index (χ4n) is 4.23. The highest BCUT2D eigenvalue weighted by molar-refractivity contribution is 6.30. The lowest BCUT2D eigenvalue weighted by atomic mass is 9.83. The van der Waals surface area contributed by atoms with Gasteiger partial charge < -0.3 is 10.1 Å². The van der Waals surface area contributed by atoms with E-state index in [1.165, 1.54) is 40.8 Å². The molecule has 0 unspecified atom stereocenters. The number of aromatic nitrogens is 4. The topological polar surface area (TPSA) is 142 Å². The highest BCUT2D eigenvalue weighted by Crippen LogP contribution is 2.32. The van der Waals surface area contributed by atoms with Crippen molar-refractivity contribution in [2.75, 3.05) is 5.32 Å². The van der Waals surface area contributed by atoms with E-state index in [9.17, 15) is 24.0 Å². The number of hydrogen-bond donors (Lipinski definition) is 1. The predicted molar refractivity (Wildman–Crippen MR) is 131 cm³/mol. The highest BCUT2D eigenvalue weighted by atomic mass is 16.5. The second kappa shape index (κ2) is 9.26. The molecule has 2 heterocycles. The second-order valence-electron chi connectivity index (χ2n) is 8.55. The Morgan fingerprint density at radius 2 is 1.70 bits per heavy atom. The third kappa shape index (κ3) is 4.20. The number of esters is 1. The smallest absolute Gasteiger partial charge is 0.308 e. The Morgan fingerprint density at radius 1 is 1.00 bits per heavy atom. The van der Waals surface area contributed by atoms with Crippen LogP contribution in [0.1, 0.15) is 45.2 Å². The zero-order chi connectivity index (χ0) is 26.3. The third-order valence-electron chi connectivity index (χ3n) is 6.16. The van der Waals surface area contributed by atoms with Gasteiger partial charge in [0.2, 0.25) is 0 Å². The molecule has 0 aliphatic heterocycles. The first-order chi connectivity index (χ1) is 17.8. The van der Waals surface area contributed by atoms with Crippen LogP contribution in [0.3, 0.4) is 0 Å². The summed E-state index contributed by atoms with van der Waals surface area (Å²) in [6.45, 7) is 1.40. The number of fused-ring (bicyclic) bond motifs is 3. The van der Waals surface area contributed by atoms with Crippen LogP contribution in [0, 0.1) is 0 Å². The van der Waals surface area contributed by atoms with E-state index >= 15 is 0 Å². The number of aryl methyl sites for hydroxylation is 2. The minimum atomic E-state index is -1.19. The minimum Gasteiger partial charge on any atom is -0.452 e. The molecule has 186 valence electrons. The summed E-state index contributed by atoms with van der Waals surface area (Å²) in [6.07, 6.45) is 1.37. The van der Waals surface area contributed by atoms with Crippen molar-refractivity contribution in [2.45, 2.75) is 26.0 Å². The van der Waals surface area contributed by atoms with Crippen molar-refractivity contribution in [1.29, 1.82) is 0 Å². The maximum atomic E-state index is 13.1. The molecule has 11 nitrogen and oxygen atoms in total. The van der Waals surface area contributed by atoms with Crippen LogP contribution < -0.4 is 10.9 Å². The molecule has 1 atom stereocenters. The number of benzene rings is 2. The molecule has 2 aromatic carbocycles. The van der Waals surface area contributed by atoms with Gasteiger partial charge in [0.25, 0.3) is 11.5 Å². The van der Waals surface area contributed by atoms with Gasteiger partial charge in [-0.25, -0.2) is 4.98 Å². The lowest BCUT2D eigenvalue weighted by Gasteiger charge is -2.21. The van der Waals surface area contributed by atoms with Crippen LogP contribution in [0.25, 0.3) is 11.0 Å². The van der Waals surface area contributed by atoms with E-state index < -0.39 is 18.0 Å². The number of nitrogens with zero attached hydrogens (tertiary/aromatic N) is 4. The van der Waals surface area contributed by atoms with E-state index in [0.717, 1.165) is 0 Å². The van der Waals surface area contributed by atoms with Crippen LogP contribution >= 0.6 is 0 Å². The molecule has 0 spiro atoms. The molecular formula is C26H21N5O6. The van der Waals surface area contributed by atoms with Crippen molar-refractivity contribution < 1.29 is 23.9 Å². The highest BCUT2D eigenvalue weighted by Gasteiger charge is 2.32. The number of anilines is 1. The van der Waals surface area contributed by atoms with Gasteiger partial charge in [-0.2, -0.15) is 5.10 Å². The molecule has 0 saturated carbocycles. The zero-order valence-electron chi connectivity index (χ0n) is 19.9. The van der Waals surface area contributed by atoms with Crippen LogP contribution in [-0.4, -0.2) is 48.9 Å². The van der Waals surface area contributed by atoms with E-state index in [1.54, 1.807) is 37.4 Å². The largest absolute Gasteiger partial charge is 0.452 e. The summed E-state index contributed by atoms with van der Waals surface area (Å²) >= 11 is 0. The fourth-order valence-corrected chi connectivity index (χ4v) is 4.23. The van der Waals surface area contributed by atoms with Crippen molar-refractivity contribution >= 4 is 40.2 Å². The van der Waals surface area contributed by atoms with Crippen molar-refractivity contribution in [1.82, 2.24) is 19.3 Å². The summed E-state index contributed by atoms with van der Waals surface area (Å²) in [5.41, 5.74) is 1.09. The Balaban J connectivity index is 1.25. The van der Waals surface area contributed by atoms with E-state index in [2.05, 4.69) is 15.4 Å². The SMILES string of the molecule is C[C@@H](OC(=O)CCn1cnc2c(cnn2C)c1=O)C(=O)Nc1cccc2c1C(=O)c1ccccc1C2=O. The molecule has 11 heteroatoms. The Kier molecular flexibility index (Phi) is 5.96. The van der Waals surface area contributed by atoms with Crippen LogP contribution in [0.15, 0.2) is 59.8 Å². The van der Waals surface area contributed by atoms with Crippen molar-refractivity contribution in [3.8, 4) is 0 Å². The summed E-state index contributed by atoms with van der Waals surface area (Å²) in [6, 6.07) is 11.1. The Labute approximate surface area is 209 Å². The maximum Gasteiger partial charge on any atom is 0.308 e. The quantitative estimate of drug-likeness (QED) is 0.349. The molecule has 37 heavy (non-hydrogen) atoms. The molecule has 0 saturated heterocycles. The van der Waals surface area contributed by atoms with Gasteiger partial charge in [-0.05, 0) is 13.0 Å². The van der Waals surface area contributed by atoms with Crippen molar-refractivity contribution in [3.63, 3.8) is 0 Å². The first kappa shape index (κ1) is 23.8. The van der Waals surface area contributed by atoms with E-state index in [4.69, 9.17) is 4.74 Å². The molecule has 5 rings (SSSR count). The number of amides is 1. The number of ketones is 2. The van der Waals surface area contributed by atoms with Gasteiger partial charge in [-0.15, -0.1) is 0 Å². The molecule has 1 aliphatic carbocycles. The average molecular weight is 499 g/mol. The number of carbonyl (C=O) groups excluding carboxylic acids is 4. The lowest BCUT2D eigenvalue weighted by Crippen LogP contribution is -2.32. The lowest BCUT2D eigenvalue weighted by molar-refractivity contribution is -0.153. The van der Waals surface area contributed by atoms with Gasteiger partial charge in [0.05, 0.1) is 30.2 Å². The molecule has 2 aromatic heterocycles. The fraction of sp³-hybridized carbons (Fsp3) is 0.192. The van der Waals surface area contributed by atoms with Gasteiger partial charge in [0, 0.05) is 30.3 Å². The monoisotopic (exact) mass is 499 g/mol. The number of nitrogens with one attached hydrogen (secondary N) is 1. The molecule has 0 fully saturated rings. The third-order valence-corrected chi connectivity index (χ3v) is 6.16. The van der Waals surface area contributed by atoms with Crippen LogP contribution in [0.5, 0.6) is 0 Å². The molecule has 4 aromatic rings. The van der Waals surface area contributed by atoms with Gasteiger partial charge in [-0.1, -0.05) is 36.4 Å². The summed E-state index contributed by atoms with van der Waals surface area (Å²) in [7, 11) is 1.67. The van der Waals surface area contributed by atoms with E-state index in [-0.39, 0.29) is 52.5 Å². The summed E-state index contributed by atoms with van der Waals surface area (Å²) in [4.78, 5) is 67.9. The van der Waals surface area contributed by atoms with E-state index in [0.29, 0.717) is 16.6 Å². The van der Waals surface area contributed by atoms with Crippen LogP contribution in [-0.2, 0) is 27.9 Å². The summed E-state index contributed by atoms with van der Waals surface area (Å²) < 4.78 is 7.98. The summed E-state index contributed by atoms with van der Waals surface area (Å²) in [5.74, 6) is -2.06. The second-order valence-corrected chi connectivity index (χ2v) is 8.55. The number of rotatable bonds is 6. The van der Waals surface area contributed by atoms with Crippen LogP contribution in [0.2, 0.25) is 0 Å². The van der Waals surface area contributed by atoms with Gasteiger partial charge in [0.1, 0.15) is 5.39 Å². The molecule has 0 bridgehead atoms. The first-order valence-electron chi connectivity index (χ1n) is 11.4. The minimum absolute atomic E-state index is 0.00601. The number of hydrogen-bond acceptors (Lipinski definition) is 8. The normalized spacial score (nSPS) is 13.1. The Bertz CT molecular complexity index is 1670. The standard InChI is InChI=1S/C26H21N5O6/c1-14(37-20(32)10-11-31-13-27-24-18(26(31)36)12-28-30(24)2)25(35)29-19-9-5-8-17-21(19)23(34)16-7-4-3-6-15(16)22(17)33/h3-9,12-14H,10-11H2,1-2H3,(H,29,35)/t14-/m1/s1. The molecule has 1 aliphatic rings. The average Bonchev–Trinajstić information content (AvgIpc) is 3.28. The van der Waals surface area contributed by atoms with Crippen LogP contribution in [0.4, 0.5) is 5.69 Å². The first-order valence-corrected chi connectivity index (χ1v) is 11.4. The Hall–Kier alpha value is -4.93. The van der Waals surface area contributed by atoms with Crippen molar-refractivity contribution in [2.24, 2.45) is 7.05 Å².